The van der Waals surface area contributed by atoms with Crippen LogP contribution in [0.2, 0.25) is 0 Å². The van der Waals surface area contributed by atoms with E-state index >= 15 is 0 Å². The summed E-state index contributed by atoms with van der Waals surface area (Å²) >= 11 is 3.35. The van der Waals surface area contributed by atoms with Crippen LogP contribution < -0.4 is 21.7 Å². The summed E-state index contributed by atoms with van der Waals surface area (Å²) in [4.78, 5) is 47.7. The van der Waals surface area contributed by atoms with Crippen molar-refractivity contribution in [3.05, 3.63) is 131 Å². The van der Waals surface area contributed by atoms with Gasteiger partial charge in [-0.25, -0.2) is 0 Å². The number of aryl methyl sites for hydroxylation is 4. The molecule has 0 bridgehead atoms. The normalized spacial score (nSPS) is 16.9. The molecule has 2 unspecified atom stereocenters. The molecule has 55 heavy (non-hydrogen) atoms. The van der Waals surface area contributed by atoms with Crippen molar-refractivity contribution in [1.82, 2.24) is 5.32 Å². The van der Waals surface area contributed by atoms with E-state index in [9.17, 15) is 19.2 Å². The van der Waals surface area contributed by atoms with Crippen LogP contribution in [0.25, 0.3) is 0 Å². The number of para-hydroxylation sites is 2. The van der Waals surface area contributed by atoms with Crippen molar-refractivity contribution in [3.63, 3.8) is 0 Å². The zero-order chi connectivity index (χ0) is 39.4. The Morgan fingerprint density at radius 2 is 1.16 bits per heavy atom. The molecule has 4 aromatic carbocycles. The molecule has 10 nitrogen and oxygen atoms in total. The number of fused-ring (bicyclic) bond motifs is 2. The van der Waals surface area contributed by atoms with E-state index in [1.165, 1.54) is 11.1 Å². The molecule has 0 saturated heterocycles. The van der Waals surface area contributed by atoms with Gasteiger partial charge in [0.2, 0.25) is 11.8 Å². The van der Waals surface area contributed by atoms with Crippen molar-refractivity contribution in [2.75, 3.05) is 23.8 Å². The Morgan fingerprint density at radius 3 is 1.73 bits per heavy atom. The lowest BCUT2D eigenvalue weighted by Crippen LogP contribution is -2.49. The number of esters is 2. The molecule has 0 aromatic heterocycles. The Morgan fingerprint density at radius 1 is 0.691 bits per heavy atom. The average molecular weight is 814 g/mol. The number of rotatable bonds is 12. The van der Waals surface area contributed by atoms with Crippen molar-refractivity contribution in [3.8, 4) is 0 Å². The Balaban J connectivity index is 0.000000202. The summed E-state index contributed by atoms with van der Waals surface area (Å²) in [6.07, 6.45) is 5.99. The van der Waals surface area contributed by atoms with Crippen molar-refractivity contribution >= 4 is 51.1 Å². The van der Waals surface area contributed by atoms with Gasteiger partial charge in [0.05, 0.1) is 24.1 Å². The highest BCUT2D eigenvalue weighted by molar-refractivity contribution is 9.10. The molecule has 0 fully saturated rings. The van der Waals surface area contributed by atoms with Gasteiger partial charge in [-0.05, 0) is 99.6 Å². The summed E-state index contributed by atoms with van der Waals surface area (Å²) < 4.78 is 10.1. The largest absolute Gasteiger partial charge is 0.465 e. The zero-order valence-corrected chi connectivity index (χ0v) is 33.3. The number of ether oxygens (including phenoxy) is 2. The zero-order valence-electron chi connectivity index (χ0n) is 31.7. The van der Waals surface area contributed by atoms with Crippen molar-refractivity contribution in [2.24, 2.45) is 5.73 Å². The quantitative estimate of drug-likeness (QED) is 0.0889. The molecule has 5 N–H and O–H groups in total. The van der Waals surface area contributed by atoms with E-state index in [-0.39, 0.29) is 28.6 Å². The minimum absolute atomic E-state index is 0.0556. The Labute approximate surface area is 333 Å². The predicted molar refractivity (Wildman–Crippen MR) is 221 cm³/mol. The van der Waals surface area contributed by atoms with Gasteiger partial charge in [-0.15, -0.1) is 0 Å². The van der Waals surface area contributed by atoms with E-state index in [0.717, 1.165) is 54.6 Å². The molecule has 2 heterocycles. The second-order valence-electron chi connectivity index (χ2n) is 13.3. The number of alkyl halides is 1. The van der Waals surface area contributed by atoms with E-state index in [2.05, 4.69) is 37.9 Å². The molecule has 4 aromatic rings. The van der Waals surface area contributed by atoms with Gasteiger partial charge >= 0.3 is 11.9 Å². The summed E-state index contributed by atoms with van der Waals surface area (Å²) in [5.41, 5.74) is 12.2. The molecule has 6 rings (SSSR count). The third-order valence-electron chi connectivity index (χ3n) is 9.24. The lowest BCUT2D eigenvalue weighted by Gasteiger charge is -2.23. The van der Waals surface area contributed by atoms with Crippen LogP contribution >= 0.6 is 15.9 Å². The van der Waals surface area contributed by atoms with E-state index in [0.29, 0.717) is 32.5 Å². The number of anilines is 2. The van der Waals surface area contributed by atoms with Crippen LogP contribution in [0.5, 0.6) is 0 Å². The fraction of sp³-hybridized carbons (Fsp3) is 0.364. The summed E-state index contributed by atoms with van der Waals surface area (Å²) in [7, 11) is 0. The molecule has 4 atom stereocenters. The monoisotopic (exact) mass is 812 g/mol. The minimum Gasteiger partial charge on any atom is -0.465 e. The van der Waals surface area contributed by atoms with Gasteiger partial charge in [0.25, 0.3) is 0 Å². The molecule has 0 radical (unpaired) electrons. The molecule has 11 heteroatoms. The smallest absolute Gasteiger partial charge is 0.323 e. The summed E-state index contributed by atoms with van der Waals surface area (Å²) in [5, 5.41) is 9.10. The lowest BCUT2D eigenvalue weighted by molar-refractivity contribution is -0.146. The van der Waals surface area contributed by atoms with Gasteiger partial charge in [0.15, 0.2) is 0 Å². The summed E-state index contributed by atoms with van der Waals surface area (Å²) in [5.74, 6) is -0.657. The van der Waals surface area contributed by atoms with Crippen LogP contribution in [0.3, 0.4) is 0 Å². The fourth-order valence-electron chi connectivity index (χ4n) is 6.20. The van der Waals surface area contributed by atoms with Crippen LogP contribution in [-0.4, -0.2) is 59.9 Å². The molecular weight excluding hydrogens is 760 g/mol. The van der Waals surface area contributed by atoms with E-state index < -0.39 is 18.1 Å². The third-order valence-corrected chi connectivity index (χ3v) is 10.1. The number of halogens is 1. The maximum Gasteiger partial charge on any atom is 0.323 e. The Bertz CT molecular complexity index is 1810. The first-order chi connectivity index (χ1) is 26.7. The molecular formula is C44H53BrN4O6. The van der Waals surface area contributed by atoms with E-state index in [1.54, 1.807) is 13.8 Å². The first kappa shape index (κ1) is 42.9. The summed E-state index contributed by atoms with van der Waals surface area (Å²) in [6.45, 7) is 4.28. The molecule has 2 amide bonds. The molecule has 0 saturated carbocycles. The molecule has 292 valence electrons. The number of nitrogens with one attached hydrogen (secondary N) is 3. The highest BCUT2D eigenvalue weighted by Crippen LogP contribution is 2.24. The van der Waals surface area contributed by atoms with Crippen molar-refractivity contribution in [1.29, 1.82) is 0 Å². The summed E-state index contributed by atoms with van der Waals surface area (Å²) in [6, 6.07) is 34.3. The Kier molecular flexibility index (Phi) is 18.1. The van der Waals surface area contributed by atoms with E-state index in [4.69, 9.17) is 15.2 Å². The lowest BCUT2D eigenvalue weighted by atomic mass is 10.0. The molecule has 2 aliphatic heterocycles. The number of carbonyl (C=O) groups excluding carboxylic acids is 4. The topological polar surface area (TPSA) is 149 Å². The van der Waals surface area contributed by atoms with Gasteiger partial charge < -0.3 is 25.8 Å². The first-order valence-corrected chi connectivity index (χ1v) is 19.9. The number of hydrogen-bond donors (Lipinski definition) is 4. The number of nitrogens with two attached hydrogens (primary N) is 1. The van der Waals surface area contributed by atoms with Crippen LogP contribution in [-0.2, 0) is 54.3 Å². The van der Waals surface area contributed by atoms with Gasteiger partial charge in [-0.1, -0.05) is 113 Å². The van der Waals surface area contributed by atoms with Crippen molar-refractivity contribution < 1.29 is 28.7 Å². The number of hydrogen-bond acceptors (Lipinski definition) is 8. The average Bonchev–Trinajstić information content (AvgIpc) is 3.46. The van der Waals surface area contributed by atoms with Crippen LogP contribution in [0, 0.1) is 0 Å². The second-order valence-corrected chi connectivity index (χ2v) is 14.4. The number of amides is 2. The Hall–Kier alpha value is -4.84. The van der Waals surface area contributed by atoms with Crippen LogP contribution in [0.1, 0.15) is 61.8 Å². The number of carbonyl (C=O) groups is 4. The van der Waals surface area contributed by atoms with Gasteiger partial charge in [0, 0.05) is 11.4 Å². The van der Waals surface area contributed by atoms with Gasteiger partial charge in [-0.3, -0.25) is 24.5 Å². The highest BCUT2D eigenvalue weighted by Gasteiger charge is 2.29. The molecule has 0 spiro atoms. The maximum absolute atomic E-state index is 12.6. The SMILES string of the molecule is CCOC(=O)[C@@H](N)CCc1ccccc1.CCOC(=O)[C@H](CCc1ccccc1)NC1CCc2ccccc2NC1=O.O=C1Nc2ccccc2CCC1Br. The predicted octanol–water partition coefficient (Wildman–Crippen LogP) is 6.94. The first-order valence-electron chi connectivity index (χ1n) is 19.0. The second kappa shape index (κ2) is 23.2. The van der Waals surface area contributed by atoms with E-state index in [1.807, 2.05) is 103 Å². The standard InChI is InChI=1S/C22H26N2O3.C12H17NO2.C10H10BrNO/c1-2-27-22(26)20(14-12-16-8-4-3-5-9-16)23-19-15-13-17-10-6-7-11-18(17)24-21(19)25;1-2-15-12(14)11(13)9-8-10-6-4-3-5-7-10;11-8-6-5-7-3-1-2-4-9(7)12-10(8)13/h3-11,19-20,23H,2,12-15H2,1H3,(H,24,25);3-7,11H,2,8-9,13H2,1H3;1-4,8H,5-6H2,(H,12,13)/t19?,20-;11-;/m00./s1. The van der Waals surface area contributed by atoms with Crippen LogP contribution in [0.15, 0.2) is 109 Å². The highest BCUT2D eigenvalue weighted by atomic mass is 79.9. The van der Waals surface area contributed by atoms with Gasteiger partial charge in [-0.2, -0.15) is 0 Å². The maximum atomic E-state index is 12.6. The molecule has 2 aliphatic rings. The van der Waals surface area contributed by atoms with Crippen LogP contribution in [0.4, 0.5) is 11.4 Å². The third kappa shape index (κ3) is 14.4. The van der Waals surface area contributed by atoms with Gasteiger partial charge in [0.1, 0.15) is 12.1 Å². The minimum atomic E-state index is -0.512. The fourth-order valence-corrected chi connectivity index (χ4v) is 6.54. The number of benzene rings is 4. The van der Waals surface area contributed by atoms with Crippen molar-refractivity contribution in [2.45, 2.75) is 88.2 Å². The molecule has 0 aliphatic carbocycles.